The fraction of sp³-hybridized carbons (Fsp3) is 0.526. The summed E-state index contributed by atoms with van der Waals surface area (Å²) in [4.78, 5) is 19.4. The predicted molar refractivity (Wildman–Crippen MR) is 101 cm³/mol. The highest BCUT2D eigenvalue weighted by Crippen LogP contribution is 2.27. The zero-order chi connectivity index (χ0) is 19.2. The number of hydrogen-bond acceptors (Lipinski definition) is 5. The molecule has 1 unspecified atom stereocenters. The van der Waals surface area contributed by atoms with Crippen LogP contribution in [0.1, 0.15) is 26.2 Å². The summed E-state index contributed by atoms with van der Waals surface area (Å²) in [7, 11) is 1.52. The van der Waals surface area contributed by atoms with Crippen molar-refractivity contribution in [1.82, 2.24) is 20.1 Å². The second-order valence-corrected chi connectivity index (χ2v) is 7.03. The lowest BCUT2D eigenvalue weighted by molar-refractivity contribution is -0.107. The summed E-state index contributed by atoms with van der Waals surface area (Å²) in [5.41, 5.74) is 0.748. The molecular weight excluding hydrogens is 349 g/mol. The van der Waals surface area contributed by atoms with Gasteiger partial charge in [-0.1, -0.05) is 6.92 Å². The monoisotopic (exact) mass is 375 g/mol. The maximum atomic E-state index is 14.8. The molecule has 0 radical (unpaired) electrons. The fourth-order valence-corrected chi connectivity index (χ4v) is 3.41. The number of carbonyl (C=O) groups excluding carboxylic acids is 1. The Balaban J connectivity index is 1.64. The van der Waals surface area contributed by atoms with Crippen molar-refractivity contribution in [1.29, 1.82) is 0 Å². The average Bonchev–Trinajstić information content (AvgIpc) is 3.33. The normalized spacial score (nSPS) is 15.7. The van der Waals surface area contributed by atoms with E-state index in [1.807, 2.05) is 0 Å². The molecule has 146 valence electrons. The van der Waals surface area contributed by atoms with Gasteiger partial charge < -0.3 is 9.64 Å². The summed E-state index contributed by atoms with van der Waals surface area (Å²) in [6.45, 7) is 5.90. The van der Waals surface area contributed by atoms with E-state index in [2.05, 4.69) is 27.0 Å². The third kappa shape index (κ3) is 4.63. The van der Waals surface area contributed by atoms with Crippen molar-refractivity contribution >= 4 is 12.2 Å². The van der Waals surface area contributed by atoms with Gasteiger partial charge in [0.05, 0.1) is 7.11 Å². The molecule has 7 nitrogen and oxygen atoms in total. The van der Waals surface area contributed by atoms with E-state index in [4.69, 9.17) is 4.74 Å². The van der Waals surface area contributed by atoms with Gasteiger partial charge in [0.25, 0.3) is 0 Å². The Morgan fingerprint density at radius 2 is 2.19 bits per heavy atom. The van der Waals surface area contributed by atoms with Crippen LogP contribution in [0.4, 0.5) is 10.2 Å². The molecule has 3 heterocycles. The van der Waals surface area contributed by atoms with Crippen LogP contribution < -0.4 is 9.64 Å². The van der Waals surface area contributed by atoms with Crippen molar-refractivity contribution in [2.75, 3.05) is 38.2 Å². The molecule has 0 aromatic carbocycles. The van der Waals surface area contributed by atoms with Gasteiger partial charge in [0.1, 0.15) is 5.69 Å². The largest absolute Gasteiger partial charge is 0.481 e. The molecule has 1 aliphatic rings. The molecule has 1 saturated heterocycles. The maximum absolute atomic E-state index is 14.8. The standard InChI is InChI=1S/C19H26FN5O2/c1-14(12-24-8-3-4-9-24)7-10-25(13-26)19-17(20)18(22-23-19)15-5-6-16(27-2)21-11-15/h5-6,11,13-14H,3-4,7-10,12H2,1-2H3,(H,22,23). The topological polar surface area (TPSA) is 74.3 Å². The van der Waals surface area contributed by atoms with Crippen LogP contribution in [0.15, 0.2) is 18.3 Å². The Morgan fingerprint density at radius 1 is 1.41 bits per heavy atom. The highest BCUT2D eigenvalue weighted by Gasteiger charge is 2.21. The molecule has 0 bridgehead atoms. The summed E-state index contributed by atoms with van der Waals surface area (Å²) in [5, 5.41) is 6.69. The minimum atomic E-state index is -0.554. The van der Waals surface area contributed by atoms with Gasteiger partial charge in [0.2, 0.25) is 12.3 Å². The second-order valence-electron chi connectivity index (χ2n) is 7.03. The lowest BCUT2D eigenvalue weighted by atomic mass is 10.1. The van der Waals surface area contributed by atoms with Crippen LogP contribution in [-0.4, -0.2) is 59.8 Å². The predicted octanol–water partition coefficient (Wildman–Crippen LogP) is 2.70. The first-order chi connectivity index (χ1) is 13.1. The number of rotatable bonds is 9. The van der Waals surface area contributed by atoms with E-state index in [-0.39, 0.29) is 11.5 Å². The van der Waals surface area contributed by atoms with E-state index in [1.54, 1.807) is 12.1 Å². The van der Waals surface area contributed by atoms with Crippen molar-refractivity contribution in [3.8, 4) is 17.1 Å². The van der Waals surface area contributed by atoms with Crippen molar-refractivity contribution in [2.24, 2.45) is 5.92 Å². The van der Waals surface area contributed by atoms with Gasteiger partial charge in [-0.2, -0.15) is 5.10 Å². The number of likely N-dealkylation sites (tertiary alicyclic amines) is 1. The van der Waals surface area contributed by atoms with Crippen molar-refractivity contribution in [3.63, 3.8) is 0 Å². The van der Waals surface area contributed by atoms with Crippen molar-refractivity contribution in [3.05, 3.63) is 24.1 Å². The molecule has 2 aromatic heterocycles. The summed E-state index contributed by atoms with van der Waals surface area (Å²) < 4.78 is 19.8. The first-order valence-corrected chi connectivity index (χ1v) is 9.31. The lowest BCUT2D eigenvalue weighted by Gasteiger charge is -2.22. The molecule has 27 heavy (non-hydrogen) atoms. The van der Waals surface area contributed by atoms with Gasteiger partial charge in [0.15, 0.2) is 11.6 Å². The number of hydrogen-bond donors (Lipinski definition) is 1. The zero-order valence-electron chi connectivity index (χ0n) is 15.8. The van der Waals surface area contributed by atoms with Crippen molar-refractivity contribution in [2.45, 2.75) is 26.2 Å². The third-order valence-electron chi connectivity index (χ3n) is 4.95. The van der Waals surface area contributed by atoms with Crippen LogP contribution in [-0.2, 0) is 4.79 Å². The van der Waals surface area contributed by atoms with Crippen LogP contribution >= 0.6 is 0 Å². The van der Waals surface area contributed by atoms with E-state index >= 15 is 0 Å². The van der Waals surface area contributed by atoms with Gasteiger partial charge in [-0.15, -0.1) is 0 Å². The lowest BCUT2D eigenvalue weighted by Crippen LogP contribution is -2.29. The van der Waals surface area contributed by atoms with Crippen LogP contribution in [0.25, 0.3) is 11.3 Å². The fourth-order valence-electron chi connectivity index (χ4n) is 3.41. The van der Waals surface area contributed by atoms with Gasteiger partial charge in [-0.3, -0.25) is 14.8 Å². The number of amides is 1. The summed E-state index contributed by atoms with van der Waals surface area (Å²) in [6.07, 6.45) is 5.45. The first kappa shape index (κ1) is 19.3. The minimum Gasteiger partial charge on any atom is -0.481 e. The Kier molecular flexibility index (Phi) is 6.39. The number of anilines is 1. The number of H-pyrrole nitrogens is 1. The quantitative estimate of drug-likeness (QED) is 0.682. The van der Waals surface area contributed by atoms with Crippen LogP contribution in [0, 0.1) is 11.7 Å². The van der Waals surface area contributed by atoms with E-state index in [9.17, 15) is 9.18 Å². The molecule has 1 aliphatic heterocycles. The van der Waals surface area contributed by atoms with Gasteiger partial charge >= 0.3 is 0 Å². The molecule has 1 fully saturated rings. The Bertz CT molecular complexity index is 743. The molecule has 1 N–H and O–H groups in total. The van der Waals surface area contributed by atoms with Gasteiger partial charge in [-0.05, 0) is 44.3 Å². The minimum absolute atomic E-state index is 0.0178. The Morgan fingerprint density at radius 3 is 2.81 bits per heavy atom. The Labute approximate surface area is 158 Å². The van der Waals surface area contributed by atoms with E-state index in [1.165, 1.54) is 31.0 Å². The number of carbonyl (C=O) groups is 1. The summed E-state index contributed by atoms with van der Waals surface area (Å²) in [6, 6.07) is 3.34. The molecule has 3 rings (SSSR count). The molecule has 8 heteroatoms. The number of aromatic amines is 1. The highest BCUT2D eigenvalue weighted by atomic mass is 19.1. The summed E-state index contributed by atoms with van der Waals surface area (Å²) in [5.74, 6) is 0.337. The number of nitrogens with zero attached hydrogens (tertiary/aromatic N) is 4. The molecule has 1 atom stereocenters. The highest BCUT2D eigenvalue weighted by molar-refractivity contribution is 5.76. The number of aromatic nitrogens is 3. The number of ether oxygens (including phenoxy) is 1. The number of halogens is 1. The smallest absolute Gasteiger partial charge is 0.215 e. The van der Waals surface area contributed by atoms with Crippen molar-refractivity contribution < 1.29 is 13.9 Å². The van der Waals surface area contributed by atoms with E-state index in [0.29, 0.717) is 30.3 Å². The van der Waals surface area contributed by atoms with E-state index in [0.717, 1.165) is 26.1 Å². The molecule has 1 amide bonds. The van der Waals surface area contributed by atoms with Gasteiger partial charge in [0, 0.05) is 30.9 Å². The zero-order valence-corrected chi connectivity index (χ0v) is 15.8. The first-order valence-electron chi connectivity index (χ1n) is 9.31. The molecule has 0 saturated carbocycles. The van der Waals surface area contributed by atoms with Gasteiger partial charge in [-0.25, -0.2) is 9.37 Å². The van der Waals surface area contributed by atoms with E-state index < -0.39 is 5.82 Å². The number of methoxy groups -OCH3 is 1. The summed E-state index contributed by atoms with van der Waals surface area (Å²) >= 11 is 0. The molecular formula is C19H26FN5O2. The second kappa shape index (κ2) is 8.94. The molecule has 0 spiro atoms. The third-order valence-corrected chi connectivity index (χ3v) is 4.95. The molecule has 0 aliphatic carbocycles. The van der Waals surface area contributed by atoms with Crippen LogP contribution in [0.3, 0.4) is 0 Å². The van der Waals surface area contributed by atoms with Crippen LogP contribution in [0.5, 0.6) is 5.88 Å². The average molecular weight is 375 g/mol. The SMILES string of the molecule is COc1ccc(-c2[nH]nc(N(C=O)CCC(C)CN3CCCC3)c2F)cn1. The molecule has 2 aromatic rings. The van der Waals surface area contributed by atoms with Crippen LogP contribution in [0.2, 0.25) is 0 Å². The number of nitrogens with one attached hydrogen (secondary N) is 1. The number of pyridine rings is 1. The maximum Gasteiger partial charge on any atom is 0.215 e. The Hall–Kier alpha value is -2.48.